The summed E-state index contributed by atoms with van der Waals surface area (Å²) in [4.78, 5) is 24.5. The molecular formula is C19H18N4O2. The summed E-state index contributed by atoms with van der Waals surface area (Å²) in [6.45, 7) is 2.05. The Balaban J connectivity index is 1.67. The number of aromatic nitrogens is 2. The Hall–Kier alpha value is -3.41. The first kappa shape index (κ1) is 16.4. The Bertz CT molecular complexity index is 870. The number of aryl methyl sites for hydroxylation is 1. The number of nitrogens with one attached hydrogen (secondary N) is 3. The van der Waals surface area contributed by atoms with Crippen molar-refractivity contribution < 1.29 is 9.59 Å². The van der Waals surface area contributed by atoms with Gasteiger partial charge in [-0.2, -0.15) is 5.10 Å². The summed E-state index contributed by atoms with van der Waals surface area (Å²) in [6.07, 6.45) is 2.33. The average Bonchev–Trinajstić information content (AvgIpc) is 3.16. The van der Waals surface area contributed by atoms with Crippen LogP contribution in [0.2, 0.25) is 0 Å². The maximum atomic E-state index is 12.4. The molecule has 3 N–H and O–H groups in total. The second kappa shape index (κ2) is 7.44. The lowest BCUT2D eigenvalue weighted by molar-refractivity contribution is 0.0847. The largest absolute Gasteiger partial charge is 0.277 e. The fraction of sp³-hybridized carbons (Fsp3) is 0.105. The van der Waals surface area contributed by atoms with Crippen LogP contribution in [-0.4, -0.2) is 22.0 Å². The minimum absolute atomic E-state index is 0.354. The van der Waals surface area contributed by atoms with Crippen LogP contribution in [0, 0.1) is 0 Å². The lowest BCUT2D eigenvalue weighted by Crippen LogP contribution is -2.41. The van der Waals surface area contributed by atoms with E-state index in [0.717, 1.165) is 17.5 Å². The van der Waals surface area contributed by atoms with Gasteiger partial charge in [-0.1, -0.05) is 49.4 Å². The zero-order valence-electron chi connectivity index (χ0n) is 13.7. The van der Waals surface area contributed by atoms with Crippen LogP contribution in [0.4, 0.5) is 0 Å². The molecule has 0 saturated heterocycles. The predicted molar refractivity (Wildman–Crippen MR) is 94.8 cm³/mol. The van der Waals surface area contributed by atoms with Crippen molar-refractivity contribution in [1.82, 2.24) is 21.0 Å². The first-order valence-corrected chi connectivity index (χ1v) is 7.97. The first-order valence-electron chi connectivity index (χ1n) is 7.97. The third-order valence-electron chi connectivity index (χ3n) is 3.86. The molecule has 2 amide bonds. The Labute approximate surface area is 145 Å². The fourth-order valence-electron chi connectivity index (χ4n) is 2.43. The van der Waals surface area contributed by atoms with E-state index in [2.05, 4.69) is 21.0 Å². The highest BCUT2D eigenvalue weighted by Gasteiger charge is 2.16. The van der Waals surface area contributed by atoms with Crippen LogP contribution in [0.1, 0.15) is 33.2 Å². The summed E-state index contributed by atoms with van der Waals surface area (Å²) in [5.74, 6) is -0.813. The van der Waals surface area contributed by atoms with Crippen LogP contribution < -0.4 is 10.9 Å². The Morgan fingerprint density at radius 3 is 2.32 bits per heavy atom. The van der Waals surface area contributed by atoms with E-state index in [1.165, 1.54) is 6.20 Å². The van der Waals surface area contributed by atoms with E-state index in [0.29, 0.717) is 16.8 Å². The molecule has 126 valence electrons. The summed E-state index contributed by atoms with van der Waals surface area (Å²) in [5.41, 5.74) is 8.26. The second-order valence-electron chi connectivity index (χ2n) is 5.48. The predicted octanol–water partition coefficient (Wildman–Crippen LogP) is 2.71. The van der Waals surface area contributed by atoms with Gasteiger partial charge in [-0.3, -0.25) is 25.5 Å². The zero-order valence-corrected chi connectivity index (χ0v) is 13.7. The lowest BCUT2D eigenvalue weighted by atomic mass is 10.1. The topological polar surface area (TPSA) is 86.9 Å². The molecule has 0 spiro atoms. The van der Waals surface area contributed by atoms with E-state index in [9.17, 15) is 9.59 Å². The number of amides is 2. The molecule has 0 fully saturated rings. The van der Waals surface area contributed by atoms with Gasteiger partial charge in [-0.25, -0.2) is 0 Å². The Morgan fingerprint density at radius 2 is 1.64 bits per heavy atom. The standard InChI is InChI=1S/C19H18N4O2/c1-2-13-8-10-15(11-9-13)18(24)22-23-19(25)16-12-20-21-17(16)14-6-4-3-5-7-14/h3-12H,2H2,1H3,(H,20,21)(H,22,24)(H,23,25). The number of H-pyrrole nitrogens is 1. The molecule has 0 bridgehead atoms. The maximum Gasteiger partial charge on any atom is 0.273 e. The highest BCUT2D eigenvalue weighted by atomic mass is 16.2. The molecule has 0 aliphatic heterocycles. The number of carbonyl (C=O) groups excluding carboxylic acids is 2. The fourth-order valence-corrected chi connectivity index (χ4v) is 2.43. The number of hydrogen-bond acceptors (Lipinski definition) is 3. The minimum Gasteiger partial charge on any atom is -0.277 e. The van der Waals surface area contributed by atoms with Crippen LogP contribution in [-0.2, 0) is 6.42 Å². The Kier molecular flexibility index (Phi) is 4.89. The second-order valence-corrected chi connectivity index (χ2v) is 5.48. The summed E-state index contributed by atoms with van der Waals surface area (Å²) >= 11 is 0. The van der Waals surface area contributed by atoms with E-state index >= 15 is 0 Å². The molecule has 2 aromatic carbocycles. The van der Waals surface area contributed by atoms with Crippen molar-refractivity contribution in [3.8, 4) is 11.3 Å². The average molecular weight is 334 g/mol. The number of benzene rings is 2. The van der Waals surface area contributed by atoms with Crippen molar-refractivity contribution in [2.24, 2.45) is 0 Å². The smallest absolute Gasteiger partial charge is 0.273 e. The van der Waals surface area contributed by atoms with Gasteiger partial charge in [0.25, 0.3) is 11.8 Å². The number of hydrazine groups is 1. The van der Waals surface area contributed by atoms with Crippen LogP contribution >= 0.6 is 0 Å². The molecule has 0 aliphatic carbocycles. The highest BCUT2D eigenvalue weighted by molar-refractivity contribution is 6.02. The maximum absolute atomic E-state index is 12.4. The van der Waals surface area contributed by atoms with Gasteiger partial charge in [0.1, 0.15) is 0 Å². The molecule has 0 aliphatic rings. The number of carbonyl (C=O) groups is 2. The Morgan fingerprint density at radius 1 is 0.960 bits per heavy atom. The van der Waals surface area contributed by atoms with Gasteiger partial charge >= 0.3 is 0 Å². The molecule has 25 heavy (non-hydrogen) atoms. The van der Waals surface area contributed by atoms with Crippen LogP contribution in [0.5, 0.6) is 0 Å². The molecule has 6 heteroatoms. The van der Waals surface area contributed by atoms with Gasteiger partial charge in [0, 0.05) is 11.1 Å². The number of nitrogens with zero attached hydrogens (tertiary/aromatic N) is 1. The van der Waals surface area contributed by atoms with Crippen molar-refractivity contribution in [3.63, 3.8) is 0 Å². The van der Waals surface area contributed by atoms with Gasteiger partial charge in [0.15, 0.2) is 0 Å². The van der Waals surface area contributed by atoms with Gasteiger partial charge in [-0.05, 0) is 24.1 Å². The molecule has 0 unspecified atom stereocenters. The number of hydrogen-bond donors (Lipinski definition) is 3. The molecule has 3 aromatic rings. The van der Waals surface area contributed by atoms with Crippen molar-refractivity contribution in [1.29, 1.82) is 0 Å². The van der Waals surface area contributed by atoms with E-state index in [1.807, 2.05) is 49.4 Å². The van der Waals surface area contributed by atoms with Crippen LogP contribution in [0.15, 0.2) is 60.8 Å². The van der Waals surface area contributed by atoms with Gasteiger partial charge < -0.3 is 0 Å². The van der Waals surface area contributed by atoms with Crippen molar-refractivity contribution in [3.05, 3.63) is 77.5 Å². The molecular weight excluding hydrogens is 316 g/mol. The highest BCUT2D eigenvalue weighted by Crippen LogP contribution is 2.20. The minimum atomic E-state index is -0.439. The van der Waals surface area contributed by atoms with Crippen LogP contribution in [0.3, 0.4) is 0 Å². The zero-order chi connectivity index (χ0) is 17.6. The third kappa shape index (κ3) is 3.74. The molecule has 0 radical (unpaired) electrons. The monoisotopic (exact) mass is 334 g/mol. The third-order valence-corrected chi connectivity index (χ3v) is 3.86. The van der Waals surface area contributed by atoms with Crippen molar-refractivity contribution in [2.75, 3.05) is 0 Å². The van der Waals surface area contributed by atoms with E-state index in [4.69, 9.17) is 0 Å². The summed E-state index contributed by atoms with van der Waals surface area (Å²) in [7, 11) is 0. The molecule has 6 nitrogen and oxygen atoms in total. The van der Waals surface area contributed by atoms with E-state index in [1.54, 1.807) is 12.1 Å². The summed E-state index contributed by atoms with van der Waals surface area (Å²) < 4.78 is 0. The molecule has 3 rings (SSSR count). The van der Waals surface area contributed by atoms with Crippen LogP contribution in [0.25, 0.3) is 11.3 Å². The summed E-state index contributed by atoms with van der Waals surface area (Å²) in [5, 5.41) is 6.74. The van der Waals surface area contributed by atoms with Gasteiger partial charge in [-0.15, -0.1) is 0 Å². The first-order chi connectivity index (χ1) is 12.2. The van der Waals surface area contributed by atoms with E-state index < -0.39 is 5.91 Å². The molecule has 1 heterocycles. The lowest BCUT2D eigenvalue weighted by Gasteiger charge is -2.08. The number of rotatable bonds is 4. The SMILES string of the molecule is CCc1ccc(C(=O)NNC(=O)c2cn[nH]c2-c2ccccc2)cc1. The van der Waals surface area contributed by atoms with E-state index in [-0.39, 0.29) is 5.91 Å². The molecule has 1 aromatic heterocycles. The normalized spacial score (nSPS) is 10.3. The van der Waals surface area contributed by atoms with Gasteiger partial charge in [0.2, 0.25) is 0 Å². The molecule has 0 atom stereocenters. The molecule has 0 saturated carbocycles. The van der Waals surface area contributed by atoms with Crippen molar-refractivity contribution in [2.45, 2.75) is 13.3 Å². The quantitative estimate of drug-likeness (QED) is 0.641. The summed E-state index contributed by atoms with van der Waals surface area (Å²) in [6, 6.07) is 16.6. The van der Waals surface area contributed by atoms with Gasteiger partial charge in [0.05, 0.1) is 17.5 Å². The van der Waals surface area contributed by atoms with Crippen molar-refractivity contribution >= 4 is 11.8 Å². The number of aromatic amines is 1.